The molecule has 0 radical (unpaired) electrons. The third kappa shape index (κ3) is 24.5. The summed E-state index contributed by atoms with van der Waals surface area (Å²) in [5.74, 6) is -1.45. The van der Waals surface area contributed by atoms with Crippen molar-refractivity contribution in [1.82, 2.24) is 23.8 Å². The Morgan fingerprint density at radius 3 is 1.39 bits per heavy atom. The topological polar surface area (TPSA) is 319 Å². The molecule has 1 amide bonds. The summed E-state index contributed by atoms with van der Waals surface area (Å²) < 4.78 is 97.8. The zero-order chi connectivity index (χ0) is 52.3. The number of para-hydroxylation sites is 2. The monoisotopic (exact) mass is 1040 g/mol. The Bertz CT molecular complexity index is 2280. The molecule has 0 saturated heterocycles. The van der Waals surface area contributed by atoms with Gasteiger partial charge in [-0.1, -0.05) is 88.5 Å². The van der Waals surface area contributed by atoms with Crippen molar-refractivity contribution in [2.45, 2.75) is 152 Å². The number of carbonyl (C=O) groups excluding carboxylic acids is 3. The van der Waals surface area contributed by atoms with Gasteiger partial charge in [-0.2, -0.15) is 22.2 Å². The van der Waals surface area contributed by atoms with Gasteiger partial charge in [0.25, 0.3) is 11.4 Å². The molecular formula is C43H71N7O16S3. The van der Waals surface area contributed by atoms with Crippen molar-refractivity contribution in [2.75, 3.05) is 40.4 Å². The molecule has 0 bridgehead atoms. The summed E-state index contributed by atoms with van der Waals surface area (Å²) in [5.41, 5.74) is -1.97. The van der Waals surface area contributed by atoms with Gasteiger partial charge in [-0.15, -0.1) is 0 Å². The number of sulfonamides is 2. The van der Waals surface area contributed by atoms with Gasteiger partial charge in [-0.25, -0.2) is 26.4 Å². The molecule has 2 aromatic carbocycles. The van der Waals surface area contributed by atoms with E-state index in [1.165, 1.54) is 31.3 Å². The van der Waals surface area contributed by atoms with E-state index in [4.69, 9.17) is 14.2 Å². The smallest absolute Gasteiger partial charge is 0.422 e. The number of benzene rings is 2. The standard InChI is InChI=1S/C24H40N4O10S2.C19H31N3O6S/c1-6-37-22(29)19(25-39(33,34)21-17-13-12-16-20(21)28(31)32)15-11-9-7-8-10-14-18-27(5)40(35,36)26-23(30)38-24(2,3)4;1-3-28-19(23)16(12-8-6-4-5-7-11-15-20-2)21-29(26,27)18-14-10-9-13-17(18)22(24)25/h12-13,16-17,19,25H,6-11,14-15,18H2,1-5H3,(H,26,30);9-10,13-14,16,20-21H,3-8,11-12,15H2,1-2H3/t19-;16-/m00/s1. The first-order valence-electron chi connectivity index (χ1n) is 22.8. The quantitative estimate of drug-likeness (QED) is 0.0215. The number of nitrogens with one attached hydrogen (secondary N) is 4. The Labute approximate surface area is 406 Å². The number of amides is 1. The van der Waals surface area contributed by atoms with Gasteiger partial charge in [0.05, 0.1) is 23.1 Å². The summed E-state index contributed by atoms with van der Waals surface area (Å²) in [6.45, 7) is 9.42. The van der Waals surface area contributed by atoms with Gasteiger partial charge in [-0.3, -0.25) is 29.8 Å². The van der Waals surface area contributed by atoms with E-state index in [9.17, 15) is 59.9 Å². The Hall–Kier alpha value is -4.86. The van der Waals surface area contributed by atoms with Crippen LogP contribution in [0.5, 0.6) is 0 Å². The first kappa shape index (κ1) is 62.2. The van der Waals surface area contributed by atoms with Gasteiger partial charge in [0.15, 0.2) is 9.79 Å². The van der Waals surface area contributed by atoms with Crippen LogP contribution >= 0.6 is 0 Å². The largest absolute Gasteiger partial charge is 0.465 e. The minimum atomic E-state index is -4.37. The molecule has 0 aliphatic heterocycles. The number of carbonyl (C=O) groups is 3. The Balaban J connectivity index is 0.000000726. The number of nitro groups is 2. The Morgan fingerprint density at radius 2 is 1.01 bits per heavy atom. The molecular weight excluding hydrogens is 967 g/mol. The fraction of sp³-hybridized carbons (Fsp3) is 0.651. The van der Waals surface area contributed by atoms with Crippen LogP contribution in [0.2, 0.25) is 0 Å². The highest BCUT2D eigenvalue weighted by molar-refractivity contribution is 7.90. The molecule has 0 aliphatic rings. The lowest BCUT2D eigenvalue weighted by Gasteiger charge is -2.22. The first-order valence-corrected chi connectivity index (χ1v) is 27.2. The van der Waals surface area contributed by atoms with E-state index in [1.54, 1.807) is 34.6 Å². The molecule has 2 atom stereocenters. The number of hydrogen-bond donors (Lipinski definition) is 4. The van der Waals surface area contributed by atoms with Gasteiger partial charge in [0, 0.05) is 25.7 Å². The van der Waals surface area contributed by atoms with Gasteiger partial charge in [0.2, 0.25) is 20.0 Å². The first-order chi connectivity index (χ1) is 32.3. The fourth-order valence-corrected chi connectivity index (χ4v) is 10.0. The zero-order valence-corrected chi connectivity index (χ0v) is 43.0. The third-order valence-electron chi connectivity index (χ3n) is 9.85. The Kier molecular flexibility index (Phi) is 28.3. The SMILES string of the molecule is CCOC(=O)[C@H](CCCCCCCCN(C)S(=O)(=O)NC(=O)OC(C)(C)C)NS(=O)(=O)c1ccccc1[N+](=O)[O-].CCOC(=O)[C@H](CCCCCCCCNC)NS(=O)(=O)c1ccccc1[N+](=O)[O-]. The lowest BCUT2D eigenvalue weighted by Crippen LogP contribution is -2.44. The normalized spacial score (nSPS) is 12.8. The van der Waals surface area contributed by atoms with E-state index in [2.05, 4.69) is 14.8 Å². The number of hydrogen-bond acceptors (Lipinski definition) is 17. The second-order valence-electron chi connectivity index (χ2n) is 16.7. The van der Waals surface area contributed by atoms with Crippen LogP contribution in [0.15, 0.2) is 58.3 Å². The van der Waals surface area contributed by atoms with Gasteiger partial charge in [-0.05, 0) is 86.0 Å². The zero-order valence-electron chi connectivity index (χ0n) is 40.6. The lowest BCUT2D eigenvalue weighted by atomic mass is 10.1. The number of rotatable bonds is 32. The van der Waals surface area contributed by atoms with E-state index in [1.807, 2.05) is 11.8 Å². The summed E-state index contributed by atoms with van der Waals surface area (Å²) in [6, 6.07) is 7.62. The molecule has 23 nitrogen and oxygen atoms in total. The van der Waals surface area contributed by atoms with Crippen LogP contribution in [0.4, 0.5) is 16.2 Å². The van der Waals surface area contributed by atoms with Crippen LogP contribution in [0.3, 0.4) is 0 Å². The average molecular weight is 1040 g/mol. The van der Waals surface area contributed by atoms with Crippen LogP contribution in [-0.4, -0.2) is 116 Å². The van der Waals surface area contributed by atoms with Crippen molar-refractivity contribution in [3.8, 4) is 0 Å². The molecule has 26 heteroatoms. The number of esters is 2. The number of ether oxygens (including phenoxy) is 3. The van der Waals surface area contributed by atoms with E-state index in [0.717, 1.165) is 80.1 Å². The minimum absolute atomic E-state index is 0.0417. The van der Waals surface area contributed by atoms with Crippen LogP contribution in [-0.2, 0) is 54.1 Å². The van der Waals surface area contributed by atoms with Gasteiger partial charge in [0.1, 0.15) is 17.7 Å². The van der Waals surface area contributed by atoms with Gasteiger partial charge < -0.3 is 19.5 Å². The lowest BCUT2D eigenvalue weighted by molar-refractivity contribution is -0.388. The predicted molar refractivity (Wildman–Crippen MR) is 257 cm³/mol. The van der Waals surface area contributed by atoms with E-state index < -0.39 is 97.0 Å². The highest BCUT2D eigenvalue weighted by atomic mass is 32.2. The molecule has 2 aromatic rings. The number of nitro benzene ring substituents is 2. The van der Waals surface area contributed by atoms with Crippen molar-refractivity contribution >= 4 is 59.7 Å². The average Bonchev–Trinajstić information content (AvgIpc) is 3.26. The second-order valence-corrected chi connectivity index (χ2v) is 21.8. The molecule has 0 saturated carbocycles. The second kappa shape index (κ2) is 31.4. The van der Waals surface area contributed by atoms with E-state index in [0.29, 0.717) is 32.1 Å². The molecule has 0 heterocycles. The van der Waals surface area contributed by atoms with Crippen LogP contribution in [0.25, 0.3) is 0 Å². The highest BCUT2D eigenvalue weighted by Gasteiger charge is 2.33. The van der Waals surface area contributed by atoms with Crippen molar-refractivity contribution in [1.29, 1.82) is 0 Å². The fourth-order valence-electron chi connectivity index (χ4n) is 6.46. The maximum absolute atomic E-state index is 12.8. The molecule has 0 aromatic heterocycles. The molecule has 0 spiro atoms. The molecule has 4 N–H and O–H groups in total. The summed E-state index contributed by atoms with van der Waals surface area (Å²) >= 11 is 0. The van der Waals surface area contributed by atoms with Crippen LogP contribution < -0.4 is 19.5 Å². The molecule has 392 valence electrons. The molecule has 2 rings (SSSR count). The predicted octanol–water partition coefficient (Wildman–Crippen LogP) is 5.99. The van der Waals surface area contributed by atoms with Gasteiger partial charge >= 0.3 is 28.2 Å². The molecule has 0 aliphatic carbocycles. The number of unbranched alkanes of at least 4 members (excludes halogenated alkanes) is 10. The van der Waals surface area contributed by atoms with Crippen molar-refractivity contribution in [3.05, 3.63) is 68.8 Å². The van der Waals surface area contributed by atoms with E-state index in [-0.39, 0.29) is 32.6 Å². The summed E-state index contributed by atoms with van der Waals surface area (Å²) in [5, 5.41) is 25.5. The molecule has 0 fully saturated rings. The Morgan fingerprint density at radius 1 is 0.638 bits per heavy atom. The van der Waals surface area contributed by atoms with Crippen LogP contribution in [0, 0.1) is 20.2 Å². The van der Waals surface area contributed by atoms with E-state index >= 15 is 0 Å². The maximum atomic E-state index is 12.8. The summed E-state index contributed by atoms with van der Waals surface area (Å²) in [7, 11) is -9.38. The summed E-state index contributed by atoms with van der Waals surface area (Å²) in [4.78, 5) is 56.2. The van der Waals surface area contributed by atoms with Crippen LogP contribution in [0.1, 0.15) is 125 Å². The summed E-state index contributed by atoms with van der Waals surface area (Å²) in [6.07, 6.45) is 9.08. The van der Waals surface area contributed by atoms with Crippen molar-refractivity contribution in [3.63, 3.8) is 0 Å². The molecule has 0 unspecified atom stereocenters. The highest BCUT2D eigenvalue weighted by Crippen LogP contribution is 2.25. The third-order valence-corrected chi connectivity index (χ3v) is 14.3. The minimum Gasteiger partial charge on any atom is -0.465 e. The van der Waals surface area contributed by atoms with Crippen molar-refractivity contribution in [2.24, 2.45) is 0 Å². The number of nitrogens with zero attached hydrogens (tertiary/aromatic N) is 3. The molecule has 69 heavy (non-hydrogen) atoms. The van der Waals surface area contributed by atoms with Crippen molar-refractivity contribution < 1.29 is 63.7 Å². The maximum Gasteiger partial charge on any atom is 0.422 e.